The van der Waals surface area contributed by atoms with Gasteiger partial charge in [-0.05, 0) is 47.5 Å². The molecule has 0 radical (unpaired) electrons. The van der Waals surface area contributed by atoms with Crippen molar-refractivity contribution in [1.82, 2.24) is 10.1 Å². The van der Waals surface area contributed by atoms with Crippen LogP contribution in [0.15, 0.2) is 113 Å². The molecule has 0 bridgehead atoms. The predicted octanol–water partition coefficient (Wildman–Crippen LogP) is 6.35. The minimum absolute atomic E-state index is 0.259. The molecule has 0 aliphatic heterocycles. The number of rotatable bonds is 7. The molecule has 0 spiro atoms. The fraction of sp³-hybridized carbons (Fsp3) is 0.100. The number of amides is 2. The van der Waals surface area contributed by atoms with Crippen LogP contribution in [-0.2, 0) is 16.4 Å². The lowest BCUT2D eigenvalue weighted by Crippen LogP contribution is -2.34. The van der Waals surface area contributed by atoms with E-state index in [0.29, 0.717) is 29.5 Å². The Morgan fingerprint density at radius 3 is 2.28 bits per heavy atom. The average molecular weight is 539 g/mol. The third-order valence-corrected chi connectivity index (χ3v) is 7.26. The van der Waals surface area contributed by atoms with Gasteiger partial charge in [0, 0.05) is 35.7 Å². The summed E-state index contributed by atoms with van der Waals surface area (Å²) in [4.78, 5) is 19.7. The van der Waals surface area contributed by atoms with E-state index in [4.69, 9.17) is 4.52 Å². The van der Waals surface area contributed by atoms with E-state index in [0.717, 1.165) is 22.4 Å². The number of urea groups is 1. The monoisotopic (exact) mass is 538 g/mol. The zero-order valence-corrected chi connectivity index (χ0v) is 22.2. The molecule has 39 heavy (non-hydrogen) atoms. The number of nitrogens with one attached hydrogen (secondary N) is 1. The highest BCUT2D eigenvalue weighted by Crippen LogP contribution is 2.29. The Morgan fingerprint density at radius 1 is 0.872 bits per heavy atom. The number of carbonyl (C=O) groups excluding carboxylic acids is 1. The molecule has 0 unspecified atom stereocenters. The lowest BCUT2D eigenvalue weighted by atomic mass is 10.1. The summed E-state index contributed by atoms with van der Waals surface area (Å²) in [5.41, 5.74) is 4.35. The van der Waals surface area contributed by atoms with E-state index in [-0.39, 0.29) is 10.9 Å². The molecule has 9 heteroatoms. The molecular weight excluding hydrogens is 512 g/mol. The molecule has 0 fully saturated rings. The van der Waals surface area contributed by atoms with Crippen LogP contribution in [0.3, 0.4) is 0 Å². The second kappa shape index (κ2) is 10.9. The molecule has 2 amide bonds. The SMILES string of the molecule is Cc1nc(-c2cccc(CN(C(=O)Nc3ccc(-c4ccccc4S(C)(=O)=O)cc3)c3ccccc3)c2)no1. The van der Waals surface area contributed by atoms with Gasteiger partial charge in [-0.1, -0.05) is 71.9 Å². The number of nitrogens with zero attached hydrogens (tertiary/aromatic N) is 3. The number of carbonyl (C=O) groups is 1. The number of aryl methyl sites for hydroxylation is 1. The van der Waals surface area contributed by atoms with Crippen LogP contribution in [0.4, 0.5) is 16.2 Å². The van der Waals surface area contributed by atoms with Gasteiger partial charge in [0.05, 0.1) is 11.4 Å². The number of anilines is 2. The highest BCUT2D eigenvalue weighted by Gasteiger charge is 2.18. The molecule has 5 aromatic rings. The summed E-state index contributed by atoms with van der Waals surface area (Å²) in [6.45, 7) is 2.04. The average Bonchev–Trinajstić information content (AvgIpc) is 3.38. The molecule has 0 saturated carbocycles. The van der Waals surface area contributed by atoms with Crippen LogP contribution >= 0.6 is 0 Å². The highest BCUT2D eigenvalue weighted by molar-refractivity contribution is 7.90. The summed E-state index contributed by atoms with van der Waals surface area (Å²) in [5.74, 6) is 0.967. The zero-order chi connectivity index (χ0) is 27.4. The summed E-state index contributed by atoms with van der Waals surface area (Å²) >= 11 is 0. The van der Waals surface area contributed by atoms with Crippen molar-refractivity contribution in [3.63, 3.8) is 0 Å². The van der Waals surface area contributed by atoms with Gasteiger partial charge in [0.2, 0.25) is 11.7 Å². The Hall–Kier alpha value is -4.76. The van der Waals surface area contributed by atoms with Gasteiger partial charge in [-0.25, -0.2) is 13.2 Å². The quantitative estimate of drug-likeness (QED) is 0.259. The van der Waals surface area contributed by atoms with E-state index in [1.54, 1.807) is 60.4 Å². The van der Waals surface area contributed by atoms with E-state index in [1.165, 1.54) is 6.26 Å². The van der Waals surface area contributed by atoms with Crippen LogP contribution in [0.2, 0.25) is 0 Å². The molecule has 1 aromatic heterocycles. The van der Waals surface area contributed by atoms with Crippen molar-refractivity contribution in [2.45, 2.75) is 18.4 Å². The topological polar surface area (TPSA) is 105 Å². The first-order valence-corrected chi connectivity index (χ1v) is 14.1. The smallest absolute Gasteiger partial charge is 0.326 e. The first kappa shape index (κ1) is 25.9. The number of sulfone groups is 1. The van der Waals surface area contributed by atoms with Crippen molar-refractivity contribution in [2.75, 3.05) is 16.5 Å². The Bertz CT molecular complexity index is 1720. The molecule has 196 valence electrons. The van der Waals surface area contributed by atoms with Gasteiger partial charge in [0.15, 0.2) is 9.84 Å². The zero-order valence-electron chi connectivity index (χ0n) is 21.4. The molecule has 0 aliphatic rings. The molecule has 1 N–H and O–H groups in total. The lowest BCUT2D eigenvalue weighted by molar-refractivity contribution is 0.256. The maximum absolute atomic E-state index is 13.5. The summed E-state index contributed by atoms with van der Waals surface area (Å²) in [7, 11) is -3.39. The second-order valence-electron chi connectivity index (χ2n) is 9.03. The molecule has 5 rings (SSSR count). The number of para-hydroxylation sites is 1. The van der Waals surface area contributed by atoms with E-state index in [1.807, 2.05) is 54.6 Å². The molecule has 1 heterocycles. The Labute approximate surface area is 226 Å². The van der Waals surface area contributed by atoms with Gasteiger partial charge in [-0.15, -0.1) is 0 Å². The van der Waals surface area contributed by atoms with Gasteiger partial charge in [0.25, 0.3) is 0 Å². The van der Waals surface area contributed by atoms with Crippen LogP contribution in [0, 0.1) is 6.92 Å². The number of hydrogen-bond acceptors (Lipinski definition) is 6. The van der Waals surface area contributed by atoms with Gasteiger partial charge in [-0.2, -0.15) is 4.98 Å². The maximum atomic E-state index is 13.5. The minimum atomic E-state index is -3.39. The molecule has 0 saturated heterocycles. The number of aromatic nitrogens is 2. The lowest BCUT2D eigenvalue weighted by Gasteiger charge is -2.24. The van der Waals surface area contributed by atoms with Crippen LogP contribution in [0.25, 0.3) is 22.5 Å². The second-order valence-corrected chi connectivity index (χ2v) is 11.0. The van der Waals surface area contributed by atoms with E-state index >= 15 is 0 Å². The fourth-order valence-corrected chi connectivity index (χ4v) is 5.16. The Balaban J connectivity index is 1.39. The molecule has 4 aromatic carbocycles. The Morgan fingerprint density at radius 2 is 1.59 bits per heavy atom. The van der Waals surface area contributed by atoms with Gasteiger partial charge < -0.3 is 9.84 Å². The van der Waals surface area contributed by atoms with Crippen molar-refractivity contribution in [1.29, 1.82) is 0 Å². The van der Waals surface area contributed by atoms with Crippen LogP contribution < -0.4 is 10.2 Å². The molecular formula is C30H26N4O4S. The minimum Gasteiger partial charge on any atom is -0.339 e. The van der Waals surface area contributed by atoms with Crippen molar-refractivity contribution >= 4 is 27.2 Å². The number of benzene rings is 4. The van der Waals surface area contributed by atoms with Crippen molar-refractivity contribution in [3.8, 4) is 22.5 Å². The summed E-state index contributed by atoms with van der Waals surface area (Å²) in [5, 5.41) is 6.95. The summed E-state index contributed by atoms with van der Waals surface area (Å²) < 4.78 is 29.6. The molecule has 0 atom stereocenters. The standard InChI is InChI=1S/C30H26N4O4S/c1-21-31-29(33-38-21)24-10-8-9-22(19-24)20-34(26-11-4-3-5-12-26)30(35)32-25-17-15-23(16-18-25)27-13-6-7-14-28(27)39(2,36)37/h3-19H,20H2,1-2H3,(H,32,35). The third-order valence-electron chi connectivity index (χ3n) is 6.10. The highest BCUT2D eigenvalue weighted by atomic mass is 32.2. The van der Waals surface area contributed by atoms with Crippen molar-refractivity contribution in [2.24, 2.45) is 0 Å². The summed E-state index contributed by atoms with van der Waals surface area (Å²) in [6.07, 6.45) is 1.19. The largest absolute Gasteiger partial charge is 0.339 e. The third kappa shape index (κ3) is 6.05. The van der Waals surface area contributed by atoms with Gasteiger partial charge in [0.1, 0.15) is 0 Å². The Kier molecular flexibility index (Phi) is 7.25. The number of hydrogen-bond donors (Lipinski definition) is 1. The van der Waals surface area contributed by atoms with E-state index < -0.39 is 9.84 Å². The molecule has 0 aliphatic carbocycles. The van der Waals surface area contributed by atoms with Gasteiger partial charge in [-0.3, -0.25) is 4.90 Å². The van der Waals surface area contributed by atoms with Crippen molar-refractivity contribution in [3.05, 3.63) is 115 Å². The van der Waals surface area contributed by atoms with Crippen LogP contribution in [-0.4, -0.2) is 30.8 Å². The van der Waals surface area contributed by atoms with Gasteiger partial charge >= 0.3 is 6.03 Å². The van der Waals surface area contributed by atoms with Crippen LogP contribution in [0.5, 0.6) is 0 Å². The maximum Gasteiger partial charge on any atom is 0.326 e. The predicted molar refractivity (Wildman–Crippen MR) is 151 cm³/mol. The van der Waals surface area contributed by atoms with Crippen molar-refractivity contribution < 1.29 is 17.7 Å². The molecule has 8 nitrogen and oxygen atoms in total. The fourth-order valence-electron chi connectivity index (χ4n) is 4.25. The summed E-state index contributed by atoms with van der Waals surface area (Å²) in [6, 6.07) is 30.7. The van der Waals surface area contributed by atoms with E-state index in [2.05, 4.69) is 15.5 Å². The first-order valence-electron chi connectivity index (χ1n) is 12.2. The van der Waals surface area contributed by atoms with E-state index in [9.17, 15) is 13.2 Å². The normalized spacial score (nSPS) is 11.2. The first-order chi connectivity index (χ1) is 18.8. The van der Waals surface area contributed by atoms with Crippen LogP contribution in [0.1, 0.15) is 11.5 Å².